The van der Waals surface area contributed by atoms with Crippen molar-refractivity contribution in [2.24, 2.45) is 0 Å². The Morgan fingerprint density at radius 3 is 2.89 bits per heavy atom. The molecule has 1 heterocycles. The summed E-state index contributed by atoms with van der Waals surface area (Å²) in [6.45, 7) is 2.66. The highest BCUT2D eigenvalue weighted by Gasteiger charge is 2.06. The summed E-state index contributed by atoms with van der Waals surface area (Å²) in [5, 5.41) is 21.2. The van der Waals surface area contributed by atoms with Crippen molar-refractivity contribution < 1.29 is 9.34 Å². The average molecular weight is 248 g/mol. The van der Waals surface area contributed by atoms with E-state index in [1.807, 2.05) is 6.07 Å². The van der Waals surface area contributed by atoms with E-state index in [0.29, 0.717) is 24.9 Å². The van der Waals surface area contributed by atoms with Gasteiger partial charge in [-0.25, -0.2) is 0 Å². The number of nitrogens with zero attached hydrogens (tertiary/aromatic N) is 3. The van der Waals surface area contributed by atoms with Crippen molar-refractivity contribution >= 4 is 5.69 Å². The molecule has 18 heavy (non-hydrogen) atoms. The number of rotatable bonds is 5. The minimum absolute atomic E-state index is 0.0861. The van der Waals surface area contributed by atoms with Crippen LogP contribution in [0, 0.1) is 17.0 Å². The molecule has 0 saturated heterocycles. The van der Waals surface area contributed by atoms with Crippen LogP contribution >= 0.6 is 0 Å². The fourth-order valence-corrected chi connectivity index (χ4v) is 1.50. The Morgan fingerprint density at radius 2 is 2.22 bits per heavy atom. The number of nitro benzene ring substituents is 1. The molecule has 0 amide bonds. The van der Waals surface area contributed by atoms with Crippen LogP contribution in [0.4, 0.5) is 5.69 Å². The third-order valence-electron chi connectivity index (χ3n) is 2.29. The monoisotopic (exact) mass is 248 g/mol. The molecule has 0 fully saturated rings. The van der Waals surface area contributed by atoms with Gasteiger partial charge in [-0.1, -0.05) is 12.1 Å². The predicted molar refractivity (Wildman–Crippen MR) is 62.7 cm³/mol. The van der Waals surface area contributed by atoms with E-state index in [2.05, 4.69) is 15.5 Å². The fourth-order valence-electron chi connectivity index (χ4n) is 1.50. The molecular weight excluding hydrogens is 236 g/mol. The average Bonchev–Trinajstić information content (AvgIpc) is 2.75. The third kappa shape index (κ3) is 3.11. The van der Waals surface area contributed by atoms with Crippen molar-refractivity contribution in [3.8, 4) is 0 Å². The summed E-state index contributed by atoms with van der Waals surface area (Å²) in [6.07, 6.45) is 0. The number of non-ortho nitro benzene ring substituents is 1. The molecule has 2 aromatic rings. The number of nitrogens with one attached hydrogen (secondary N) is 1. The molecule has 1 aromatic heterocycles. The van der Waals surface area contributed by atoms with E-state index in [-0.39, 0.29) is 5.69 Å². The van der Waals surface area contributed by atoms with E-state index < -0.39 is 4.92 Å². The zero-order valence-electron chi connectivity index (χ0n) is 9.79. The molecule has 0 aliphatic rings. The molecule has 1 N–H and O–H groups in total. The van der Waals surface area contributed by atoms with Crippen LogP contribution in [-0.2, 0) is 13.1 Å². The molecular formula is C11H12N4O3. The smallest absolute Gasteiger partial charge is 0.269 e. The van der Waals surface area contributed by atoms with Crippen molar-refractivity contribution in [3.05, 3.63) is 51.7 Å². The Labute approximate surface area is 103 Å². The van der Waals surface area contributed by atoms with E-state index in [1.165, 1.54) is 12.1 Å². The molecule has 0 aliphatic heterocycles. The van der Waals surface area contributed by atoms with Crippen molar-refractivity contribution in [2.75, 3.05) is 0 Å². The molecule has 0 aliphatic carbocycles. The first kappa shape index (κ1) is 12.2. The molecule has 0 unspecified atom stereocenters. The van der Waals surface area contributed by atoms with Gasteiger partial charge in [0, 0.05) is 25.6 Å². The molecule has 2 rings (SSSR count). The minimum atomic E-state index is -0.412. The number of nitro groups is 1. The van der Waals surface area contributed by atoms with Gasteiger partial charge in [-0.15, -0.1) is 10.2 Å². The van der Waals surface area contributed by atoms with Gasteiger partial charge in [-0.3, -0.25) is 10.1 Å². The van der Waals surface area contributed by atoms with Gasteiger partial charge >= 0.3 is 0 Å². The quantitative estimate of drug-likeness (QED) is 0.637. The summed E-state index contributed by atoms with van der Waals surface area (Å²) in [6, 6.07) is 6.47. The highest BCUT2D eigenvalue weighted by atomic mass is 16.6. The molecule has 0 bridgehead atoms. The number of hydrogen-bond acceptors (Lipinski definition) is 6. The van der Waals surface area contributed by atoms with Gasteiger partial charge < -0.3 is 9.73 Å². The summed E-state index contributed by atoms with van der Waals surface area (Å²) in [5.41, 5.74) is 0.920. The van der Waals surface area contributed by atoms with Crippen LogP contribution in [0.3, 0.4) is 0 Å². The van der Waals surface area contributed by atoms with E-state index in [1.54, 1.807) is 13.0 Å². The lowest BCUT2D eigenvalue weighted by atomic mass is 10.2. The van der Waals surface area contributed by atoms with Crippen LogP contribution < -0.4 is 5.32 Å². The van der Waals surface area contributed by atoms with Gasteiger partial charge in [0.25, 0.3) is 5.69 Å². The van der Waals surface area contributed by atoms with E-state index in [9.17, 15) is 10.1 Å². The van der Waals surface area contributed by atoms with E-state index in [4.69, 9.17) is 4.42 Å². The standard InChI is InChI=1S/C11H12N4O3/c1-8-13-14-11(18-8)7-12-6-9-3-2-4-10(5-9)15(16)17/h2-5,12H,6-7H2,1H3. The minimum Gasteiger partial charge on any atom is -0.424 e. The predicted octanol–water partition coefficient (Wildman–Crippen LogP) is 1.58. The van der Waals surface area contributed by atoms with Crippen LogP contribution in [0.5, 0.6) is 0 Å². The highest BCUT2D eigenvalue weighted by molar-refractivity contribution is 5.34. The second-order valence-electron chi connectivity index (χ2n) is 3.75. The number of benzene rings is 1. The van der Waals surface area contributed by atoms with Crippen LogP contribution in [-0.4, -0.2) is 15.1 Å². The Bertz CT molecular complexity index is 553. The first-order valence-electron chi connectivity index (χ1n) is 5.38. The Balaban J connectivity index is 1.90. The van der Waals surface area contributed by atoms with Crippen molar-refractivity contribution in [2.45, 2.75) is 20.0 Å². The molecule has 7 nitrogen and oxygen atoms in total. The third-order valence-corrected chi connectivity index (χ3v) is 2.29. The van der Waals surface area contributed by atoms with Gasteiger partial charge in [-0.05, 0) is 5.56 Å². The number of aromatic nitrogens is 2. The zero-order chi connectivity index (χ0) is 13.0. The van der Waals surface area contributed by atoms with Crippen LogP contribution in [0.25, 0.3) is 0 Å². The molecule has 94 valence electrons. The Morgan fingerprint density at radius 1 is 1.39 bits per heavy atom. The van der Waals surface area contributed by atoms with Gasteiger partial charge in [0.2, 0.25) is 11.8 Å². The molecule has 0 atom stereocenters. The molecule has 0 radical (unpaired) electrons. The topological polar surface area (TPSA) is 94.1 Å². The number of aryl methyl sites for hydroxylation is 1. The molecule has 0 saturated carbocycles. The first-order chi connectivity index (χ1) is 8.65. The lowest BCUT2D eigenvalue weighted by Gasteiger charge is -2.01. The van der Waals surface area contributed by atoms with Crippen LogP contribution in [0.1, 0.15) is 17.3 Å². The molecule has 7 heteroatoms. The lowest BCUT2D eigenvalue weighted by Crippen LogP contribution is -2.13. The lowest BCUT2D eigenvalue weighted by molar-refractivity contribution is -0.384. The first-order valence-corrected chi connectivity index (χ1v) is 5.38. The highest BCUT2D eigenvalue weighted by Crippen LogP contribution is 2.12. The maximum atomic E-state index is 10.6. The number of hydrogen-bond donors (Lipinski definition) is 1. The van der Waals surface area contributed by atoms with Gasteiger partial charge in [0.15, 0.2) is 0 Å². The summed E-state index contributed by atoms with van der Waals surface area (Å²) in [7, 11) is 0. The molecule has 0 spiro atoms. The maximum absolute atomic E-state index is 10.6. The van der Waals surface area contributed by atoms with Crippen molar-refractivity contribution in [3.63, 3.8) is 0 Å². The maximum Gasteiger partial charge on any atom is 0.269 e. The van der Waals surface area contributed by atoms with Crippen molar-refractivity contribution in [1.29, 1.82) is 0 Å². The van der Waals surface area contributed by atoms with Crippen LogP contribution in [0.2, 0.25) is 0 Å². The van der Waals surface area contributed by atoms with E-state index >= 15 is 0 Å². The SMILES string of the molecule is Cc1nnc(CNCc2cccc([N+](=O)[O-])c2)o1. The normalized spacial score (nSPS) is 10.5. The Kier molecular flexibility index (Phi) is 3.63. The van der Waals surface area contributed by atoms with Gasteiger partial charge in [0.1, 0.15) is 0 Å². The van der Waals surface area contributed by atoms with E-state index in [0.717, 1.165) is 5.56 Å². The summed E-state index contributed by atoms with van der Waals surface area (Å²) in [5.74, 6) is 1.01. The second-order valence-corrected chi connectivity index (χ2v) is 3.75. The zero-order valence-corrected chi connectivity index (χ0v) is 9.79. The Hall–Kier alpha value is -2.28. The fraction of sp³-hybridized carbons (Fsp3) is 0.273. The van der Waals surface area contributed by atoms with Crippen LogP contribution in [0.15, 0.2) is 28.7 Å². The largest absolute Gasteiger partial charge is 0.424 e. The van der Waals surface area contributed by atoms with Gasteiger partial charge in [-0.2, -0.15) is 0 Å². The van der Waals surface area contributed by atoms with Crippen molar-refractivity contribution in [1.82, 2.24) is 15.5 Å². The second kappa shape index (κ2) is 5.37. The molecule has 1 aromatic carbocycles. The van der Waals surface area contributed by atoms with Gasteiger partial charge in [0.05, 0.1) is 11.5 Å². The summed E-state index contributed by atoms with van der Waals surface area (Å²) >= 11 is 0. The summed E-state index contributed by atoms with van der Waals surface area (Å²) < 4.78 is 5.19. The summed E-state index contributed by atoms with van der Waals surface area (Å²) in [4.78, 5) is 10.2.